The quantitative estimate of drug-likeness (QED) is 0.156. The predicted octanol–water partition coefficient (Wildman–Crippen LogP) is 8.34. The van der Waals surface area contributed by atoms with E-state index in [4.69, 9.17) is 49.0 Å². The van der Waals surface area contributed by atoms with Gasteiger partial charge in [0.25, 0.3) is 11.1 Å². The standard InChI is InChI=1S/C27H21Cl3INO5S/c1-2-35-23-12-16(11-21(31)25(23)37-15-17-7-8-18(28)14-20(17)30)13-24-26(33)32(27(34)38-24)9-10-36-22-6-4-3-5-19(22)29/h3-8,11-14H,2,9-10,15H2,1H3/b24-13-. The van der Waals surface area contributed by atoms with Gasteiger partial charge in [-0.15, -0.1) is 0 Å². The second-order valence-corrected chi connectivity index (χ2v) is 11.3. The van der Waals surface area contributed by atoms with E-state index in [1.807, 2.05) is 19.1 Å². The molecule has 0 atom stereocenters. The van der Waals surface area contributed by atoms with Crippen molar-refractivity contribution < 1.29 is 23.8 Å². The fourth-order valence-electron chi connectivity index (χ4n) is 3.52. The summed E-state index contributed by atoms with van der Waals surface area (Å²) < 4.78 is 18.3. The van der Waals surface area contributed by atoms with E-state index < -0.39 is 0 Å². The number of rotatable bonds is 10. The zero-order chi connectivity index (χ0) is 27.2. The molecule has 3 aromatic rings. The normalized spacial score (nSPS) is 14.3. The molecule has 1 saturated heterocycles. The van der Waals surface area contributed by atoms with E-state index in [2.05, 4.69) is 22.6 Å². The molecule has 0 radical (unpaired) electrons. The summed E-state index contributed by atoms with van der Waals surface area (Å²) in [5.41, 5.74) is 1.48. The van der Waals surface area contributed by atoms with Gasteiger partial charge in [0.1, 0.15) is 19.0 Å². The van der Waals surface area contributed by atoms with Gasteiger partial charge in [-0.2, -0.15) is 0 Å². The van der Waals surface area contributed by atoms with Gasteiger partial charge in [0, 0.05) is 15.6 Å². The summed E-state index contributed by atoms with van der Waals surface area (Å²) in [6.45, 7) is 2.75. The van der Waals surface area contributed by atoms with Crippen molar-refractivity contribution in [1.29, 1.82) is 0 Å². The van der Waals surface area contributed by atoms with Gasteiger partial charge in [-0.25, -0.2) is 0 Å². The van der Waals surface area contributed by atoms with Crippen molar-refractivity contribution in [3.8, 4) is 17.2 Å². The Morgan fingerprint density at radius 1 is 0.947 bits per heavy atom. The van der Waals surface area contributed by atoms with Crippen LogP contribution in [0.1, 0.15) is 18.1 Å². The predicted molar refractivity (Wildman–Crippen MR) is 161 cm³/mol. The largest absolute Gasteiger partial charge is 0.490 e. The number of nitrogens with zero attached hydrogens (tertiary/aromatic N) is 1. The first-order valence-electron chi connectivity index (χ1n) is 11.4. The monoisotopic (exact) mass is 703 g/mol. The number of thioether (sulfide) groups is 1. The van der Waals surface area contributed by atoms with Crippen LogP contribution in [0.3, 0.4) is 0 Å². The number of amides is 2. The first-order chi connectivity index (χ1) is 18.3. The number of halogens is 4. The van der Waals surface area contributed by atoms with Crippen LogP contribution < -0.4 is 14.2 Å². The van der Waals surface area contributed by atoms with E-state index in [-0.39, 0.29) is 30.9 Å². The number of imide groups is 1. The molecule has 4 rings (SSSR count). The van der Waals surface area contributed by atoms with E-state index in [0.717, 1.165) is 25.8 Å². The molecule has 38 heavy (non-hydrogen) atoms. The molecule has 0 unspecified atom stereocenters. The third kappa shape index (κ3) is 7.09. The highest BCUT2D eigenvalue weighted by molar-refractivity contribution is 14.1. The van der Waals surface area contributed by atoms with Gasteiger partial charge in [-0.3, -0.25) is 14.5 Å². The molecule has 198 valence electrons. The Morgan fingerprint density at radius 2 is 1.74 bits per heavy atom. The Kier molecular flexibility index (Phi) is 10.1. The zero-order valence-corrected chi connectivity index (χ0v) is 25.3. The van der Waals surface area contributed by atoms with Gasteiger partial charge in [0.2, 0.25) is 0 Å². The lowest BCUT2D eigenvalue weighted by Crippen LogP contribution is -2.32. The molecule has 0 N–H and O–H groups in total. The molecule has 1 aliphatic rings. The molecular weight excluding hydrogens is 684 g/mol. The van der Waals surface area contributed by atoms with Crippen molar-refractivity contribution in [2.75, 3.05) is 19.8 Å². The molecule has 1 fully saturated rings. The van der Waals surface area contributed by atoms with Crippen LogP contribution in [0.5, 0.6) is 17.2 Å². The lowest BCUT2D eigenvalue weighted by atomic mass is 10.1. The fourth-order valence-corrected chi connectivity index (χ4v) is 5.82. The van der Waals surface area contributed by atoms with Crippen LogP contribution in [0.15, 0.2) is 59.5 Å². The summed E-state index contributed by atoms with van der Waals surface area (Å²) in [5, 5.41) is 1.16. The SMILES string of the molecule is CCOc1cc(/C=C2\SC(=O)N(CCOc3ccccc3Cl)C2=O)cc(I)c1OCc1ccc(Cl)cc1Cl. The Morgan fingerprint density at radius 3 is 2.47 bits per heavy atom. The van der Waals surface area contributed by atoms with E-state index in [0.29, 0.717) is 49.4 Å². The van der Waals surface area contributed by atoms with Gasteiger partial charge < -0.3 is 14.2 Å². The molecule has 6 nitrogen and oxygen atoms in total. The molecule has 0 bridgehead atoms. The highest BCUT2D eigenvalue weighted by Crippen LogP contribution is 2.38. The number of hydrogen-bond acceptors (Lipinski definition) is 6. The van der Waals surface area contributed by atoms with Crippen molar-refractivity contribution in [3.05, 3.63) is 89.3 Å². The second kappa shape index (κ2) is 13.3. The van der Waals surface area contributed by atoms with Crippen LogP contribution >= 0.6 is 69.2 Å². The molecule has 0 aromatic heterocycles. The van der Waals surface area contributed by atoms with Crippen LogP contribution in [0.4, 0.5) is 4.79 Å². The van der Waals surface area contributed by atoms with Crippen LogP contribution in [-0.2, 0) is 11.4 Å². The maximum absolute atomic E-state index is 13.0. The van der Waals surface area contributed by atoms with Crippen molar-refractivity contribution in [2.24, 2.45) is 0 Å². The summed E-state index contributed by atoms with van der Waals surface area (Å²) in [7, 11) is 0. The molecule has 0 aliphatic carbocycles. The molecule has 1 heterocycles. The average Bonchev–Trinajstić information content (AvgIpc) is 3.13. The van der Waals surface area contributed by atoms with Crippen LogP contribution in [0.2, 0.25) is 15.1 Å². The third-order valence-corrected chi connectivity index (χ3v) is 7.91. The minimum atomic E-state index is -0.381. The summed E-state index contributed by atoms with van der Waals surface area (Å²) in [6.07, 6.45) is 1.67. The van der Waals surface area contributed by atoms with E-state index in [9.17, 15) is 9.59 Å². The maximum atomic E-state index is 13.0. The summed E-state index contributed by atoms with van der Waals surface area (Å²) in [6, 6.07) is 15.9. The van der Waals surface area contributed by atoms with Gasteiger partial charge in [-0.1, -0.05) is 53.0 Å². The zero-order valence-electron chi connectivity index (χ0n) is 20.0. The summed E-state index contributed by atoms with van der Waals surface area (Å²) in [4.78, 5) is 27.0. The molecule has 11 heteroatoms. The molecule has 0 saturated carbocycles. The van der Waals surface area contributed by atoms with Gasteiger partial charge in [0.05, 0.1) is 26.6 Å². The lowest BCUT2D eigenvalue weighted by molar-refractivity contribution is -0.123. The van der Waals surface area contributed by atoms with Crippen molar-refractivity contribution in [1.82, 2.24) is 4.90 Å². The van der Waals surface area contributed by atoms with Crippen molar-refractivity contribution in [2.45, 2.75) is 13.5 Å². The molecule has 2 amide bonds. The molecular formula is C27H21Cl3INO5S. The Balaban J connectivity index is 1.47. The average molecular weight is 705 g/mol. The van der Waals surface area contributed by atoms with E-state index in [1.54, 1.807) is 48.5 Å². The third-order valence-electron chi connectivity index (χ3n) is 5.30. The van der Waals surface area contributed by atoms with Gasteiger partial charge in [0.15, 0.2) is 11.5 Å². The minimum absolute atomic E-state index is 0.106. The van der Waals surface area contributed by atoms with Crippen LogP contribution in [0, 0.1) is 3.57 Å². The van der Waals surface area contributed by atoms with Crippen LogP contribution in [0.25, 0.3) is 6.08 Å². The fraction of sp³-hybridized carbons (Fsp3) is 0.185. The molecule has 3 aromatic carbocycles. The maximum Gasteiger partial charge on any atom is 0.293 e. The first kappa shape index (κ1) is 28.9. The highest BCUT2D eigenvalue weighted by atomic mass is 127. The molecule has 1 aliphatic heterocycles. The van der Waals surface area contributed by atoms with E-state index >= 15 is 0 Å². The Hall–Kier alpha value is -2.11. The highest BCUT2D eigenvalue weighted by Gasteiger charge is 2.35. The summed E-state index contributed by atoms with van der Waals surface area (Å²) in [5.74, 6) is 1.19. The number of carbonyl (C=O) groups is 2. The van der Waals surface area contributed by atoms with E-state index in [1.165, 1.54) is 0 Å². The number of ether oxygens (including phenoxy) is 3. The Bertz CT molecular complexity index is 1400. The number of benzene rings is 3. The van der Waals surface area contributed by atoms with Gasteiger partial charge >= 0.3 is 0 Å². The number of hydrogen-bond donors (Lipinski definition) is 0. The molecule has 0 spiro atoms. The lowest BCUT2D eigenvalue weighted by Gasteiger charge is -2.15. The van der Waals surface area contributed by atoms with Crippen LogP contribution in [-0.4, -0.2) is 35.8 Å². The second-order valence-electron chi connectivity index (χ2n) is 7.90. The van der Waals surface area contributed by atoms with Crippen molar-refractivity contribution in [3.63, 3.8) is 0 Å². The minimum Gasteiger partial charge on any atom is -0.490 e. The van der Waals surface area contributed by atoms with Gasteiger partial charge in [-0.05, 0) is 89.3 Å². The first-order valence-corrected chi connectivity index (χ1v) is 14.5. The van der Waals surface area contributed by atoms with Crippen molar-refractivity contribution >= 4 is 86.4 Å². The topological polar surface area (TPSA) is 65.1 Å². The summed E-state index contributed by atoms with van der Waals surface area (Å²) >= 11 is 21.4. The Labute approximate surface area is 253 Å². The number of para-hydroxylation sites is 1. The smallest absolute Gasteiger partial charge is 0.293 e. The number of carbonyl (C=O) groups excluding carboxylic acids is 2.